The van der Waals surface area contributed by atoms with Crippen molar-refractivity contribution < 1.29 is 13.9 Å². The average molecular weight is 414 g/mol. The minimum absolute atomic E-state index is 0.157. The lowest BCUT2D eigenvalue weighted by Gasteiger charge is -2.21. The summed E-state index contributed by atoms with van der Waals surface area (Å²) < 4.78 is 11.8. The van der Waals surface area contributed by atoms with Gasteiger partial charge in [0, 0.05) is 10.1 Å². The van der Waals surface area contributed by atoms with Crippen molar-refractivity contribution in [2.75, 3.05) is 6.54 Å². The number of benzene rings is 1. The van der Waals surface area contributed by atoms with Crippen molar-refractivity contribution in [3.63, 3.8) is 0 Å². The van der Waals surface area contributed by atoms with E-state index in [-0.39, 0.29) is 5.92 Å². The molecule has 1 aromatic heterocycles. The van der Waals surface area contributed by atoms with Crippen molar-refractivity contribution in [3.8, 4) is 0 Å². The van der Waals surface area contributed by atoms with Gasteiger partial charge in [-0.1, -0.05) is 18.2 Å². The zero-order valence-electron chi connectivity index (χ0n) is 12.8. The molecule has 118 valence electrons. The molecule has 0 aliphatic heterocycles. The van der Waals surface area contributed by atoms with Gasteiger partial charge in [-0.05, 0) is 55.0 Å². The highest BCUT2D eigenvalue weighted by molar-refractivity contribution is 14.1. The highest BCUT2D eigenvalue weighted by atomic mass is 127. The van der Waals surface area contributed by atoms with E-state index in [9.17, 15) is 4.79 Å². The molecule has 5 nitrogen and oxygen atoms in total. The molecule has 22 heavy (non-hydrogen) atoms. The molecule has 0 saturated carbocycles. The van der Waals surface area contributed by atoms with E-state index in [2.05, 4.69) is 32.9 Å². The zero-order chi connectivity index (χ0) is 16.2. The summed E-state index contributed by atoms with van der Waals surface area (Å²) in [4.78, 5) is 16.1. The number of hydrogen-bond donors (Lipinski definition) is 1. The molecule has 0 aliphatic carbocycles. The maximum Gasteiger partial charge on any atom is 0.407 e. The highest BCUT2D eigenvalue weighted by Gasteiger charge is 2.23. The zero-order valence-corrected chi connectivity index (χ0v) is 15.0. The van der Waals surface area contributed by atoms with E-state index in [1.807, 2.05) is 45.0 Å². The number of carbonyl (C=O) groups is 1. The Balaban J connectivity index is 2.14. The number of carbonyl (C=O) groups excluding carboxylic acids is 1. The molecule has 0 bridgehead atoms. The third-order valence-electron chi connectivity index (χ3n) is 2.88. The Hall–Kier alpha value is -1.57. The quantitative estimate of drug-likeness (QED) is 0.771. The molecule has 1 unspecified atom stereocenters. The van der Waals surface area contributed by atoms with Crippen LogP contribution in [0.1, 0.15) is 38.1 Å². The predicted octanol–water partition coefficient (Wildman–Crippen LogP) is 3.94. The third-order valence-corrected chi connectivity index (χ3v) is 3.86. The van der Waals surface area contributed by atoms with Gasteiger partial charge in [-0.3, -0.25) is 0 Å². The fraction of sp³-hybridized carbons (Fsp3) is 0.375. The number of alkyl carbamates (subject to hydrolysis) is 1. The number of ether oxygens (including phenoxy) is 1. The van der Waals surface area contributed by atoms with Crippen LogP contribution in [0.5, 0.6) is 0 Å². The minimum atomic E-state index is -0.524. The fourth-order valence-electron chi connectivity index (χ4n) is 1.99. The van der Waals surface area contributed by atoms with E-state index >= 15 is 0 Å². The van der Waals surface area contributed by atoms with E-state index in [0.29, 0.717) is 12.4 Å². The number of aromatic nitrogens is 1. The summed E-state index contributed by atoms with van der Waals surface area (Å²) in [6, 6.07) is 7.95. The first-order valence-electron chi connectivity index (χ1n) is 6.97. The number of oxazole rings is 1. The first kappa shape index (κ1) is 16.8. The molecular weight excluding hydrogens is 395 g/mol. The molecule has 0 saturated heterocycles. The molecule has 0 radical (unpaired) electrons. The van der Waals surface area contributed by atoms with Crippen LogP contribution < -0.4 is 5.32 Å². The lowest BCUT2D eigenvalue weighted by atomic mass is 9.99. The van der Waals surface area contributed by atoms with E-state index < -0.39 is 11.7 Å². The lowest BCUT2D eigenvalue weighted by Crippen LogP contribution is -2.35. The molecule has 0 fully saturated rings. The van der Waals surface area contributed by atoms with Gasteiger partial charge in [0.15, 0.2) is 0 Å². The second-order valence-corrected chi connectivity index (χ2v) is 6.99. The van der Waals surface area contributed by atoms with Crippen LogP contribution in [0.4, 0.5) is 4.79 Å². The fourth-order valence-corrected chi connectivity index (χ4v) is 2.76. The largest absolute Gasteiger partial charge is 0.448 e. The van der Waals surface area contributed by atoms with Gasteiger partial charge in [-0.25, -0.2) is 9.78 Å². The Morgan fingerprint density at radius 3 is 2.73 bits per heavy atom. The summed E-state index contributed by atoms with van der Waals surface area (Å²) >= 11 is 2.27. The van der Waals surface area contributed by atoms with Crippen LogP contribution in [0.25, 0.3) is 0 Å². The van der Waals surface area contributed by atoms with Crippen LogP contribution in [-0.4, -0.2) is 23.2 Å². The van der Waals surface area contributed by atoms with Crippen molar-refractivity contribution in [1.29, 1.82) is 0 Å². The normalized spacial score (nSPS) is 12.7. The Labute approximate surface area is 143 Å². The molecule has 1 heterocycles. The summed E-state index contributed by atoms with van der Waals surface area (Å²) in [7, 11) is 0. The molecule has 2 rings (SSSR count). The first-order valence-corrected chi connectivity index (χ1v) is 8.05. The van der Waals surface area contributed by atoms with Crippen LogP contribution in [0, 0.1) is 3.57 Å². The number of halogens is 1. The number of amides is 1. The second kappa shape index (κ2) is 7.13. The van der Waals surface area contributed by atoms with E-state index in [4.69, 9.17) is 9.15 Å². The van der Waals surface area contributed by atoms with Gasteiger partial charge in [0.2, 0.25) is 5.89 Å². The van der Waals surface area contributed by atoms with Crippen molar-refractivity contribution >= 4 is 28.7 Å². The highest BCUT2D eigenvalue weighted by Crippen LogP contribution is 2.27. The van der Waals surface area contributed by atoms with E-state index in [1.54, 1.807) is 6.20 Å². The molecule has 2 aromatic rings. The van der Waals surface area contributed by atoms with Crippen LogP contribution in [0.2, 0.25) is 0 Å². The van der Waals surface area contributed by atoms with Crippen molar-refractivity contribution in [3.05, 3.63) is 51.7 Å². The molecular formula is C16H19IN2O3. The smallest absolute Gasteiger partial charge is 0.407 e. The third kappa shape index (κ3) is 4.72. The second-order valence-electron chi connectivity index (χ2n) is 5.83. The summed E-state index contributed by atoms with van der Waals surface area (Å²) in [6.45, 7) is 5.85. The van der Waals surface area contributed by atoms with Gasteiger partial charge in [-0.15, -0.1) is 0 Å². The van der Waals surface area contributed by atoms with Crippen LogP contribution in [0.3, 0.4) is 0 Å². The molecule has 0 aliphatic rings. The number of nitrogens with one attached hydrogen (secondary N) is 1. The molecule has 1 N–H and O–H groups in total. The summed E-state index contributed by atoms with van der Waals surface area (Å²) in [5.41, 5.74) is 0.533. The summed E-state index contributed by atoms with van der Waals surface area (Å²) in [5, 5.41) is 2.79. The lowest BCUT2D eigenvalue weighted by molar-refractivity contribution is 0.0525. The van der Waals surface area contributed by atoms with Gasteiger partial charge in [0.1, 0.15) is 11.9 Å². The summed E-state index contributed by atoms with van der Waals surface area (Å²) in [6.07, 6.45) is 2.69. The van der Waals surface area contributed by atoms with Crippen molar-refractivity contribution in [2.45, 2.75) is 32.3 Å². The molecule has 6 heteroatoms. The van der Waals surface area contributed by atoms with Gasteiger partial charge >= 0.3 is 6.09 Å². The molecule has 1 aromatic carbocycles. The Kier molecular flexibility index (Phi) is 5.44. The number of nitrogens with zero attached hydrogens (tertiary/aromatic N) is 1. The molecule has 1 atom stereocenters. The van der Waals surface area contributed by atoms with E-state index in [1.165, 1.54) is 6.26 Å². The Morgan fingerprint density at radius 2 is 2.14 bits per heavy atom. The maximum absolute atomic E-state index is 11.9. The first-order chi connectivity index (χ1) is 10.4. The van der Waals surface area contributed by atoms with Gasteiger partial charge in [-0.2, -0.15) is 0 Å². The topological polar surface area (TPSA) is 64.4 Å². The Morgan fingerprint density at radius 1 is 1.41 bits per heavy atom. The molecule has 0 spiro atoms. The average Bonchev–Trinajstić information content (AvgIpc) is 2.93. The Bertz CT molecular complexity index is 621. The maximum atomic E-state index is 11.9. The predicted molar refractivity (Wildman–Crippen MR) is 91.7 cm³/mol. The SMILES string of the molecule is CC(C)(C)OC(=O)NCC(c1ncco1)c1ccccc1I. The van der Waals surface area contributed by atoms with Gasteiger partial charge < -0.3 is 14.5 Å². The monoisotopic (exact) mass is 414 g/mol. The van der Waals surface area contributed by atoms with Crippen LogP contribution in [-0.2, 0) is 4.74 Å². The van der Waals surface area contributed by atoms with Crippen LogP contribution >= 0.6 is 22.6 Å². The number of hydrogen-bond acceptors (Lipinski definition) is 4. The van der Waals surface area contributed by atoms with Gasteiger partial charge in [0.05, 0.1) is 12.1 Å². The van der Waals surface area contributed by atoms with Gasteiger partial charge in [0.25, 0.3) is 0 Å². The standard InChI is InChI=1S/C16H19IN2O3/c1-16(2,3)22-15(20)19-10-12(14-18-8-9-21-14)11-6-4-5-7-13(11)17/h4-9,12H,10H2,1-3H3,(H,19,20). The van der Waals surface area contributed by atoms with Crippen LogP contribution in [0.15, 0.2) is 41.1 Å². The summed E-state index contributed by atoms with van der Waals surface area (Å²) in [5.74, 6) is 0.413. The van der Waals surface area contributed by atoms with Crippen molar-refractivity contribution in [1.82, 2.24) is 10.3 Å². The molecule has 1 amide bonds. The minimum Gasteiger partial charge on any atom is -0.448 e. The number of rotatable bonds is 4. The van der Waals surface area contributed by atoms with Crippen molar-refractivity contribution in [2.24, 2.45) is 0 Å². The van der Waals surface area contributed by atoms with E-state index in [0.717, 1.165) is 9.13 Å².